The van der Waals surface area contributed by atoms with Crippen LogP contribution in [0.5, 0.6) is 11.5 Å². The molecule has 1 N–H and O–H groups in total. The van der Waals surface area contributed by atoms with Crippen molar-refractivity contribution in [3.8, 4) is 11.5 Å². The SMILES string of the molecule is CCCCOc1cc(C(NC(=O)C2CCC2)c2nccnc2Cl)ccc1OCCC. The predicted octanol–water partition coefficient (Wildman–Crippen LogP) is 5.10. The Morgan fingerprint density at radius 2 is 1.90 bits per heavy atom. The number of benzene rings is 1. The maximum Gasteiger partial charge on any atom is 0.223 e. The molecule has 0 bridgehead atoms. The van der Waals surface area contributed by atoms with E-state index in [2.05, 4.69) is 29.1 Å². The summed E-state index contributed by atoms with van der Waals surface area (Å²) in [6, 6.07) is 5.22. The highest BCUT2D eigenvalue weighted by atomic mass is 35.5. The molecule has 0 radical (unpaired) electrons. The Balaban J connectivity index is 1.93. The number of amides is 1. The van der Waals surface area contributed by atoms with E-state index >= 15 is 0 Å². The molecule has 1 amide bonds. The van der Waals surface area contributed by atoms with Gasteiger partial charge in [0.15, 0.2) is 16.7 Å². The van der Waals surface area contributed by atoms with Crippen LogP contribution in [0.15, 0.2) is 30.6 Å². The summed E-state index contributed by atoms with van der Waals surface area (Å²) in [6.45, 7) is 5.40. The number of ether oxygens (including phenoxy) is 2. The maximum absolute atomic E-state index is 12.7. The van der Waals surface area contributed by atoms with Crippen molar-refractivity contribution in [3.63, 3.8) is 0 Å². The first-order valence-corrected chi connectivity index (χ1v) is 11.2. The predicted molar refractivity (Wildman–Crippen MR) is 117 cm³/mol. The first-order chi connectivity index (χ1) is 14.6. The minimum absolute atomic E-state index is 0.0210. The van der Waals surface area contributed by atoms with Crippen LogP contribution in [0.2, 0.25) is 5.15 Å². The van der Waals surface area contributed by atoms with Gasteiger partial charge in [0, 0.05) is 18.3 Å². The van der Waals surface area contributed by atoms with Crippen LogP contribution in [0.4, 0.5) is 0 Å². The topological polar surface area (TPSA) is 73.3 Å². The molecular weight excluding hydrogens is 402 g/mol. The minimum Gasteiger partial charge on any atom is -0.490 e. The molecule has 1 aromatic heterocycles. The van der Waals surface area contributed by atoms with E-state index in [4.69, 9.17) is 21.1 Å². The van der Waals surface area contributed by atoms with Crippen LogP contribution in [0.25, 0.3) is 0 Å². The van der Waals surface area contributed by atoms with Crippen LogP contribution < -0.4 is 14.8 Å². The molecule has 162 valence electrons. The molecule has 1 heterocycles. The van der Waals surface area contributed by atoms with E-state index in [1.165, 1.54) is 6.20 Å². The highest BCUT2D eigenvalue weighted by Crippen LogP contribution is 2.35. The number of rotatable bonds is 11. The maximum atomic E-state index is 12.7. The van der Waals surface area contributed by atoms with Crippen LogP contribution in [0.3, 0.4) is 0 Å². The van der Waals surface area contributed by atoms with E-state index in [0.29, 0.717) is 30.4 Å². The van der Waals surface area contributed by atoms with Crippen molar-refractivity contribution in [2.45, 2.75) is 58.4 Å². The van der Waals surface area contributed by atoms with Crippen LogP contribution in [0, 0.1) is 5.92 Å². The molecule has 1 aromatic carbocycles. The molecule has 7 heteroatoms. The Labute approximate surface area is 183 Å². The van der Waals surface area contributed by atoms with Crippen molar-refractivity contribution < 1.29 is 14.3 Å². The van der Waals surface area contributed by atoms with E-state index in [0.717, 1.165) is 44.1 Å². The Morgan fingerprint density at radius 1 is 1.13 bits per heavy atom. The Morgan fingerprint density at radius 3 is 2.57 bits per heavy atom. The number of carbonyl (C=O) groups excluding carboxylic acids is 1. The molecule has 1 unspecified atom stereocenters. The Bertz CT molecular complexity index is 842. The third-order valence-corrected chi connectivity index (χ3v) is 5.52. The van der Waals surface area contributed by atoms with Gasteiger partial charge >= 0.3 is 0 Å². The number of nitrogens with zero attached hydrogens (tertiary/aromatic N) is 2. The number of aromatic nitrogens is 2. The van der Waals surface area contributed by atoms with Crippen molar-refractivity contribution in [1.82, 2.24) is 15.3 Å². The number of hydrogen-bond acceptors (Lipinski definition) is 5. The lowest BCUT2D eigenvalue weighted by Gasteiger charge is -2.28. The van der Waals surface area contributed by atoms with Crippen LogP contribution in [-0.2, 0) is 4.79 Å². The summed E-state index contributed by atoms with van der Waals surface area (Å²) in [4.78, 5) is 21.3. The van der Waals surface area contributed by atoms with E-state index in [1.807, 2.05) is 18.2 Å². The van der Waals surface area contributed by atoms with Gasteiger partial charge in [-0.05, 0) is 43.4 Å². The fourth-order valence-corrected chi connectivity index (χ4v) is 3.45. The van der Waals surface area contributed by atoms with Crippen molar-refractivity contribution in [1.29, 1.82) is 0 Å². The molecular formula is C23H30ClN3O3. The zero-order valence-corrected chi connectivity index (χ0v) is 18.5. The highest BCUT2D eigenvalue weighted by Gasteiger charge is 2.30. The first-order valence-electron chi connectivity index (χ1n) is 10.8. The lowest BCUT2D eigenvalue weighted by molar-refractivity contribution is -0.127. The quantitative estimate of drug-likeness (QED) is 0.501. The normalized spacial score (nSPS) is 14.6. The summed E-state index contributed by atoms with van der Waals surface area (Å²) in [6.07, 6.45) is 8.96. The Hall–Kier alpha value is -2.34. The van der Waals surface area contributed by atoms with Gasteiger partial charge in [0.2, 0.25) is 5.91 Å². The summed E-state index contributed by atoms with van der Waals surface area (Å²) in [5, 5.41) is 3.40. The largest absolute Gasteiger partial charge is 0.490 e. The van der Waals surface area contributed by atoms with Gasteiger partial charge in [-0.15, -0.1) is 0 Å². The van der Waals surface area contributed by atoms with E-state index in [1.54, 1.807) is 6.20 Å². The summed E-state index contributed by atoms with van der Waals surface area (Å²) in [7, 11) is 0. The van der Waals surface area contributed by atoms with Crippen LogP contribution >= 0.6 is 11.6 Å². The van der Waals surface area contributed by atoms with Crippen molar-refractivity contribution in [2.24, 2.45) is 5.92 Å². The van der Waals surface area contributed by atoms with Gasteiger partial charge in [0.1, 0.15) is 5.69 Å². The van der Waals surface area contributed by atoms with Gasteiger partial charge in [-0.2, -0.15) is 0 Å². The van der Waals surface area contributed by atoms with Crippen LogP contribution in [0.1, 0.15) is 69.7 Å². The van der Waals surface area contributed by atoms with Crippen LogP contribution in [-0.4, -0.2) is 29.1 Å². The average molecular weight is 432 g/mol. The monoisotopic (exact) mass is 431 g/mol. The molecule has 0 spiro atoms. The fourth-order valence-electron chi connectivity index (χ4n) is 3.24. The molecule has 30 heavy (non-hydrogen) atoms. The highest BCUT2D eigenvalue weighted by molar-refractivity contribution is 6.30. The molecule has 1 aliphatic rings. The summed E-state index contributed by atoms with van der Waals surface area (Å²) < 4.78 is 11.9. The first kappa shape index (κ1) is 22.3. The number of nitrogens with one attached hydrogen (secondary N) is 1. The third-order valence-electron chi connectivity index (χ3n) is 5.23. The molecule has 3 rings (SSSR count). The summed E-state index contributed by atoms with van der Waals surface area (Å²) in [5.74, 6) is 1.44. The van der Waals surface area contributed by atoms with E-state index in [-0.39, 0.29) is 17.0 Å². The molecule has 1 fully saturated rings. The molecule has 0 saturated heterocycles. The lowest BCUT2D eigenvalue weighted by atomic mass is 9.84. The lowest BCUT2D eigenvalue weighted by Crippen LogP contribution is -2.37. The second kappa shape index (κ2) is 11.2. The van der Waals surface area contributed by atoms with E-state index < -0.39 is 6.04 Å². The van der Waals surface area contributed by atoms with Gasteiger partial charge in [-0.25, -0.2) is 4.98 Å². The van der Waals surface area contributed by atoms with Gasteiger partial charge in [0.05, 0.1) is 19.3 Å². The molecule has 1 aliphatic carbocycles. The Kier molecular flexibility index (Phi) is 8.31. The van der Waals surface area contributed by atoms with Gasteiger partial charge in [0.25, 0.3) is 0 Å². The van der Waals surface area contributed by atoms with E-state index in [9.17, 15) is 4.79 Å². The smallest absolute Gasteiger partial charge is 0.223 e. The summed E-state index contributed by atoms with van der Waals surface area (Å²) >= 11 is 6.34. The molecule has 6 nitrogen and oxygen atoms in total. The van der Waals surface area contributed by atoms with Crippen molar-refractivity contribution in [3.05, 3.63) is 47.0 Å². The molecule has 1 saturated carbocycles. The standard InChI is InChI=1S/C23H30ClN3O3/c1-3-5-14-30-19-15-17(9-10-18(19)29-13-4-2)20(21-22(24)26-12-11-25-21)27-23(28)16-7-6-8-16/h9-12,15-16,20H,3-8,13-14H2,1-2H3,(H,27,28). The second-order valence-electron chi connectivity index (χ2n) is 7.56. The number of unbranched alkanes of at least 4 members (excludes halogenated alkanes) is 1. The fraction of sp³-hybridized carbons (Fsp3) is 0.522. The number of hydrogen-bond donors (Lipinski definition) is 1. The average Bonchev–Trinajstić information content (AvgIpc) is 2.70. The minimum atomic E-state index is -0.506. The molecule has 2 aromatic rings. The van der Waals surface area contributed by atoms with Gasteiger partial charge in [-0.1, -0.05) is 44.4 Å². The zero-order valence-electron chi connectivity index (χ0n) is 17.7. The van der Waals surface area contributed by atoms with Crippen molar-refractivity contribution in [2.75, 3.05) is 13.2 Å². The molecule has 0 aliphatic heterocycles. The summed E-state index contributed by atoms with van der Waals surface area (Å²) in [5.41, 5.74) is 1.36. The van der Waals surface area contributed by atoms with Gasteiger partial charge < -0.3 is 14.8 Å². The third kappa shape index (κ3) is 5.63. The second-order valence-corrected chi connectivity index (χ2v) is 7.92. The van der Waals surface area contributed by atoms with Crippen molar-refractivity contribution >= 4 is 17.5 Å². The zero-order chi connectivity index (χ0) is 21.3. The number of carbonyl (C=O) groups is 1. The van der Waals surface area contributed by atoms with Gasteiger partial charge in [-0.3, -0.25) is 9.78 Å². The number of halogens is 1. The molecule has 1 atom stereocenters.